The molecule has 0 fully saturated rings. The van der Waals surface area contributed by atoms with E-state index in [1.54, 1.807) is 18.2 Å². The summed E-state index contributed by atoms with van der Waals surface area (Å²) in [4.78, 5) is 0. The van der Waals surface area contributed by atoms with Gasteiger partial charge >= 0.3 is 0 Å². The summed E-state index contributed by atoms with van der Waals surface area (Å²) in [5.74, 6) is 0.398. The van der Waals surface area contributed by atoms with Crippen LogP contribution in [0.3, 0.4) is 0 Å². The minimum Gasteiger partial charge on any atom is -0.212 e. The van der Waals surface area contributed by atoms with Gasteiger partial charge in [-0.05, 0) is 24.1 Å². The third-order valence-corrected chi connectivity index (χ3v) is 3.84. The first-order chi connectivity index (χ1) is 7.53. The van der Waals surface area contributed by atoms with Gasteiger partial charge in [-0.1, -0.05) is 23.7 Å². The highest BCUT2D eigenvalue weighted by Crippen LogP contribution is 2.10. The second-order valence-corrected chi connectivity index (χ2v) is 6.05. The summed E-state index contributed by atoms with van der Waals surface area (Å²) >= 11 is 11.2. The minimum atomic E-state index is -3.23. The van der Waals surface area contributed by atoms with Crippen LogP contribution in [0, 0.1) is 0 Å². The van der Waals surface area contributed by atoms with E-state index in [0.717, 1.165) is 5.56 Å². The average Bonchev–Trinajstić information content (AvgIpc) is 2.24. The molecule has 1 rings (SSSR count). The number of hydrogen-bond donors (Lipinski definition) is 1. The molecule has 90 valence electrons. The summed E-state index contributed by atoms with van der Waals surface area (Å²) in [6.45, 7) is 0.255. The van der Waals surface area contributed by atoms with Crippen LogP contribution in [0.15, 0.2) is 24.3 Å². The zero-order valence-electron chi connectivity index (χ0n) is 8.62. The van der Waals surface area contributed by atoms with Gasteiger partial charge in [-0.2, -0.15) is 0 Å². The van der Waals surface area contributed by atoms with Crippen LogP contribution in [0.25, 0.3) is 0 Å². The van der Waals surface area contributed by atoms with Crippen LogP contribution < -0.4 is 4.72 Å². The lowest BCUT2D eigenvalue weighted by Crippen LogP contribution is -2.26. The summed E-state index contributed by atoms with van der Waals surface area (Å²) in [6, 6.07) is 7.07. The molecule has 0 aromatic heterocycles. The third kappa shape index (κ3) is 5.16. The molecule has 0 unspecified atom stereocenters. The van der Waals surface area contributed by atoms with Crippen molar-refractivity contribution in [3.63, 3.8) is 0 Å². The predicted octanol–water partition coefficient (Wildman–Crippen LogP) is 2.39. The smallest absolute Gasteiger partial charge is 0.211 e. The number of nitrogens with one attached hydrogen (secondary N) is 1. The molecule has 0 spiro atoms. The summed E-state index contributed by atoms with van der Waals surface area (Å²) < 4.78 is 25.4. The molecule has 0 saturated heterocycles. The van der Waals surface area contributed by atoms with Crippen molar-refractivity contribution >= 4 is 33.2 Å². The van der Waals surface area contributed by atoms with Gasteiger partial charge in [0.25, 0.3) is 0 Å². The van der Waals surface area contributed by atoms with Gasteiger partial charge in [-0.3, -0.25) is 0 Å². The minimum absolute atomic E-state index is 0.0526. The summed E-state index contributed by atoms with van der Waals surface area (Å²) in [5, 5.41) is 0.595. The summed E-state index contributed by atoms with van der Waals surface area (Å²) in [5.41, 5.74) is 0.835. The van der Waals surface area contributed by atoms with Gasteiger partial charge in [0.1, 0.15) is 0 Å². The van der Waals surface area contributed by atoms with Gasteiger partial charge in [-0.15, -0.1) is 11.6 Å². The van der Waals surface area contributed by atoms with E-state index in [1.165, 1.54) is 0 Å². The lowest BCUT2D eigenvalue weighted by Gasteiger charge is -2.06. The average molecular weight is 282 g/mol. The van der Waals surface area contributed by atoms with Gasteiger partial charge in [0, 0.05) is 17.4 Å². The fraction of sp³-hybridized carbons (Fsp3) is 0.400. The summed E-state index contributed by atoms with van der Waals surface area (Å²) in [7, 11) is -3.23. The molecule has 1 aromatic carbocycles. The van der Waals surface area contributed by atoms with Crippen molar-refractivity contribution in [3.05, 3.63) is 34.9 Å². The third-order valence-electron chi connectivity index (χ3n) is 1.93. The Labute approximate surface area is 106 Å². The first-order valence-corrected chi connectivity index (χ1v) is 7.38. The van der Waals surface area contributed by atoms with Crippen LogP contribution in [0.1, 0.15) is 12.0 Å². The van der Waals surface area contributed by atoms with Crippen LogP contribution >= 0.6 is 23.2 Å². The maximum Gasteiger partial charge on any atom is 0.211 e. The number of alkyl halides is 1. The van der Waals surface area contributed by atoms with E-state index >= 15 is 0 Å². The van der Waals surface area contributed by atoms with Crippen molar-refractivity contribution in [1.82, 2.24) is 4.72 Å². The molecular formula is C10H13Cl2NO2S. The highest BCUT2D eigenvalue weighted by Gasteiger charge is 2.08. The van der Waals surface area contributed by atoms with Gasteiger partial charge in [0.05, 0.1) is 5.75 Å². The Kier molecular flexibility index (Phi) is 5.55. The molecule has 0 amide bonds. The SMILES string of the molecule is O=S(=O)(CCCCl)NCc1cccc(Cl)c1. The van der Waals surface area contributed by atoms with E-state index in [2.05, 4.69) is 4.72 Å². The number of sulfonamides is 1. The first kappa shape index (κ1) is 13.8. The van der Waals surface area contributed by atoms with Crippen molar-refractivity contribution in [1.29, 1.82) is 0 Å². The molecule has 1 N–H and O–H groups in total. The summed E-state index contributed by atoms with van der Waals surface area (Å²) in [6.07, 6.45) is 0.451. The molecular weight excluding hydrogens is 269 g/mol. The molecule has 0 aliphatic rings. The van der Waals surface area contributed by atoms with E-state index < -0.39 is 10.0 Å². The van der Waals surface area contributed by atoms with E-state index in [-0.39, 0.29) is 12.3 Å². The zero-order valence-corrected chi connectivity index (χ0v) is 10.9. The largest absolute Gasteiger partial charge is 0.212 e. The van der Waals surface area contributed by atoms with E-state index in [0.29, 0.717) is 17.3 Å². The van der Waals surface area contributed by atoms with Gasteiger partial charge < -0.3 is 0 Å². The van der Waals surface area contributed by atoms with Crippen molar-refractivity contribution in [3.8, 4) is 0 Å². The molecule has 0 aliphatic carbocycles. The van der Waals surface area contributed by atoms with Crippen molar-refractivity contribution in [2.24, 2.45) is 0 Å². The second kappa shape index (κ2) is 6.45. The van der Waals surface area contributed by atoms with Crippen LogP contribution in [0.2, 0.25) is 5.02 Å². The number of benzene rings is 1. The Morgan fingerprint density at radius 2 is 2.06 bits per heavy atom. The quantitative estimate of drug-likeness (QED) is 0.814. The Hall–Kier alpha value is -0.290. The van der Waals surface area contributed by atoms with Gasteiger partial charge in [0.2, 0.25) is 10.0 Å². The Bertz CT molecular complexity index is 434. The standard InChI is InChI=1S/C10H13Cl2NO2S/c11-5-2-6-16(14,15)13-8-9-3-1-4-10(12)7-9/h1,3-4,7,13H,2,5-6,8H2. The zero-order chi connectivity index (χ0) is 12.0. The maximum absolute atomic E-state index is 11.4. The molecule has 6 heteroatoms. The number of rotatable bonds is 6. The lowest BCUT2D eigenvalue weighted by molar-refractivity contribution is 0.580. The topological polar surface area (TPSA) is 46.2 Å². The Morgan fingerprint density at radius 3 is 2.69 bits per heavy atom. The van der Waals surface area contributed by atoms with Gasteiger partial charge in [-0.25, -0.2) is 13.1 Å². The molecule has 16 heavy (non-hydrogen) atoms. The van der Waals surface area contributed by atoms with Crippen molar-refractivity contribution in [2.45, 2.75) is 13.0 Å². The number of halogens is 2. The lowest BCUT2D eigenvalue weighted by atomic mass is 10.2. The fourth-order valence-electron chi connectivity index (χ4n) is 1.16. The fourth-order valence-corrected chi connectivity index (χ4v) is 2.72. The molecule has 0 heterocycles. The normalized spacial score (nSPS) is 11.6. The molecule has 0 aliphatic heterocycles. The Morgan fingerprint density at radius 1 is 1.31 bits per heavy atom. The van der Waals surface area contributed by atoms with Crippen LogP contribution in [-0.4, -0.2) is 20.1 Å². The van der Waals surface area contributed by atoms with Crippen molar-refractivity contribution in [2.75, 3.05) is 11.6 Å². The van der Waals surface area contributed by atoms with Crippen molar-refractivity contribution < 1.29 is 8.42 Å². The van der Waals surface area contributed by atoms with E-state index in [9.17, 15) is 8.42 Å². The van der Waals surface area contributed by atoms with Crippen LogP contribution in [0.5, 0.6) is 0 Å². The van der Waals surface area contributed by atoms with Gasteiger partial charge in [0.15, 0.2) is 0 Å². The van der Waals surface area contributed by atoms with Crippen LogP contribution in [-0.2, 0) is 16.6 Å². The maximum atomic E-state index is 11.4. The molecule has 0 saturated carbocycles. The highest BCUT2D eigenvalue weighted by molar-refractivity contribution is 7.89. The van der Waals surface area contributed by atoms with E-state index in [1.807, 2.05) is 6.07 Å². The van der Waals surface area contributed by atoms with E-state index in [4.69, 9.17) is 23.2 Å². The van der Waals surface area contributed by atoms with Crippen LogP contribution in [0.4, 0.5) is 0 Å². The second-order valence-electron chi connectivity index (χ2n) is 3.31. The molecule has 3 nitrogen and oxygen atoms in total. The Balaban J connectivity index is 2.51. The monoisotopic (exact) mass is 281 g/mol. The number of hydrogen-bond acceptors (Lipinski definition) is 2. The molecule has 0 radical (unpaired) electrons. The molecule has 0 atom stereocenters. The molecule has 1 aromatic rings. The highest BCUT2D eigenvalue weighted by atomic mass is 35.5. The predicted molar refractivity (Wildman–Crippen MR) is 67.4 cm³/mol. The first-order valence-electron chi connectivity index (χ1n) is 4.81. The molecule has 0 bridgehead atoms.